The lowest BCUT2D eigenvalue weighted by molar-refractivity contribution is -0.162. The van der Waals surface area contributed by atoms with Gasteiger partial charge in [-0.15, -0.1) is 0 Å². The van der Waals surface area contributed by atoms with Crippen molar-refractivity contribution in [2.45, 2.75) is 72.0 Å². The molecule has 2 unspecified atom stereocenters. The minimum atomic E-state index is -0.574. The fraction of sp³-hybridized carbons (Fsp3) is 0.433. The van der Waals surface area contributed by atoms with E-state index in [1.54, 1.807) is 13.8 Å². The standard InChI is InChI=1S/C30H38N2O4/c1-5-7-9-24-10-12-25(13-11-24)27-19-31-29(32-20-27)26-14-16-28(17-15-26)35-21-22(3)36-30(33)23(4)34-18-8-6-2/h10-17,19-20,22-23H,5-9,18,21H2,1-4H3. The van der Waals surface area contributed by atoms with Crippen molar-refractivity contribution in [2.24, 2.45) is 0 Å². The van der Waals surface area contributed by atoms with Crippen molar-refractivity contribution in [3.8, 4) is 28.3 Å². The third kappa shape index (κ3) is 8.45. The normalized spacial score (nSPS) is 12.7. The summed E-state index contributed by atoms with van der Waals surface area (Å²) in [7, 11) is 0. The van der Waals surface area contributed by atoms with Gasteiger partial charge in [0.25, 0.3) is 0 Å². The first-order valence-corrected chi connectivity index (χ1v) is 13.0. The van der Waals surface area contributed by atoms with Gasteiger partial charge in [-0.05, 0) is 68.5 Å². The second-order valence-electron chi connectivity index (χ2n) is 9.05. The van der Waals surface area contributed by atoms with E-state index in [9.17, 15) is 4.79 Å². The lowest BCUT2D eigenvalue weighted by Crippen LogP contribution is -2.30. The molecule has 3 aromatic rings. The quantitative estimate of drug-likeness (QED) is 0.186. The Morgan fingerprint density at radius 3 is 2.11 bits per heavy atom. The van der Waals surface area contributed by atoms with Crippen LogP contribution in [0.4, 0.5) is 0 Å². The number of carbonyl (C=O) groups is 1. The van der Waals surface area contributed by atoms with Gasteiger partial charge in [-0.2, -0.15) is 0 Å². The lowest BCUT2D eigenvalue weighted by Gasteiger charge is -2.17. The molecular weight excluding hydrogens is 452 g/mol. The Morgan fingerprint density at radius 1 is 0.833 bits per heavy atom. The predicted molar refractivity (Wildman–Crippen MR) is 143 cm³/mol. The van der Waals surface area contributed by atoms with Crippen LogP contribution < -0.4 is 4.74 Å². The van der Waals surface area contributed by atoms with E-state index < -0.39 is 6.10 Å². The second kappa shape index (κ2) is 14.3. The number of esters is 1. The molecule has 0 aliphatic carbocycles. The van der Waals surface area contributed by atoms with Crippen molar-refractivity contribution in [3.63, 3.8) is 0 Å². The predicted octanol–water partition coefficient (Wildman–Crippen LogP) is 6.67. The molecule has 0 spiro atoms. The Kier molecular flexibility index (Phi) is 10.9. The van der Waals surface area contributed by atoms with Gasteiger partial charge in [-0.1, -0.05) is 51.0 Å². The minimum absolute atomic E-state index is 0.259. The van der Waals surface area contributed by atoms with Gasteiger partial charge in [-0.25, -0.2) is 14.8 Å². The Balaban J connectivity index is 1.49. The maximum absolute atomic E-state index is 12.1. The molecule has 0 amide bonds. The zero-order chi connectivity index (χ0) is 25.8. The van der Waals surface area contributed by atoms with Gasteiger partial charge in [-0.3, -0.25) is 0 Å². The monoisotopic (exact) mass is 490 g/mol. The molecule has 0 saturated carbocycles. The van der Waals surface area contributed by atoms with E-state index in [0.717, 1.165) is 36.0 Å². The number of unbranched alkanes of at least 4 members (excludes halogenated alkanes) is 2. The number of ether oxygens (including phenoxy) is 3. The number of aromatic nitrogens is 2. The largest absolute Gasteiger partial charge is 0.490 e. The summed E-state index contributed by atoms with van der Waals surface area (Å²) in [6.07, 6.45) is 8.23. The van der Waals surface area contributed by atoms with Gasteiger partial charge in [0.15, 0.2) is 11.9 Å². The SMILES string of the molecule is CCCCOC(C)C(=O)OC(C)COc1ccc(-c2ncc(-c3ccc(CCCC)cc3)cn2)cc1. The summed E-state index contributed by atoms with van der Waals surface area (Å²) in [5.41, 5.74) is 4.37. The van der Waals surface area contributed by atoms with Crippen LogP contribution in [0.5, 0.6) is 5.75 Å². The molecule has 6 heteroatoms. The molecule has 0 saturated heterocycles. The van der Waals surface area contributed by atoms with E-state index in [1.807, 2.05) is 36.7 Å². The summed E-state index contributed by atoms with van der Waals surface area (Å²) in [4.78, 5) is 21.2. The zero-order valence-electron chi connectivity index (χ0n) is 21.9. The third-order valence-electron chi connectivity index (χ3n) is 5.87. The minimum Gasteiger partial charge on any atom is -0.490 e. The van der Waals surface area contributed by atoms with Gasteiger partial charge in [0.05, 0.1) is 0 Å². The van der Waals surface area contributed by atoms with Gasteiger partial charge in [0.2, 0.25) is 0 Å². The van der Waals surface area contributed by atoms with Crippen LogP contribution in [0.3, 0.4) is 0 Å². The van der Waals surface area contributed by atoms with Gasteiger partial charge in [0, 0.05) is 30.1 Å². The molecule has 0 bridgehead atoms. The van der Waals surface area contributed by atoms with E-state index in [0.29, 0.717) is 18.2 Å². The van der Waals surface area contributed by atoms with Crippen molar-refractivity contribution >= 4 is 5.97 Å². The van der Waals surface area contributed by atoms with Crippen LogP contribution in [-0.2, 0) is 20.7 Å². The second-order valence-corrected chi connectivity index (χ2v) is 9.05. The zero-order valence-corrected chi connectivity index (χ0v) is 21.9. The molecule has 1 heterocycles. The Bertz CT molecular complexity index is 1050. The third-order valence-corrected chi connectivity index (χ3v) is 5.87. The van der Waals surface area contributed by atoms with Crippen molar-refractivity contribution in [1.82, 2.24) is 9.97 Å². The van der Waals surface area contributed by atoms with Crippen molar-refractivity contribution in [3.05, 3.63) is 66.5 Å². The summed E-state index contributed by atoms with van der Waals surface area (Å²) in [5.74, 6) is 0.975. The highest BCUT2D eigenvalue weighted by Crippen LogP contribution is 2.23. The van der Waals surface area contributed by atoms with Crippen LogP contribution in [0.15, 0.2) is 60.9 Å². The number of carbonyl (C=O) groups excluding carboxylic acids is 1. The van der Waals surface area contributed by atoms with Crippen LogP contribution in [-0.4, -0.2) is 41.4 Å². The number of aryl methyl sites for hydroxylation is 1. The van der Waals surface area contributed by atoms with Gasteiger partial charge >= 0.3 is 5.97 Å². The Labute approximate surface area is 215 Å². The van der Waals surface area contributed by atoms with Crippen molar-refractivity contribution in [1.29, 1.82) is 0 Å². The smallest absolute Gasteiger partial charge is 0.335 e. The lowest BCUT2D eigenvalue weighted by atomic mass is 10.0. The first-order chi connectivity index (χ1) is 17.5. The average molecular weight is 491 g/mol. The van der Waals surface area contributed by atoms with Gasteiger partial charge in [0.1, 0.15) is 18.5 Å². The van der Waals surface area contributed by atoms with Crippen molar-refractivity contribution in [2.75, 3.05) is 13.2 Å². The van der Waals surface area contributed by atoms with E-state index in [1.165, 1.54) is 18.4 Å². The van der Waals surface area contributed by atoms with Crippen LogP contribution in [0.1, 0.15) is 58.9 Å². The molecular formula is C30H38N2O4. The molecule has 0 radical (unpaired) electrons. The molecule has 1 aromatic heterocycles. The summed E-state index contributed by atoms with van der Waals surface area (Å²) in [6.45, 7) is 8.62. The highest BCUT2D eigenvalue weighted by Gasteiger charge is 2.18. The first-order valence-electron chi connectivity index (χ1n) is 13.0. The molecule has 2 atom stereocenters. The molecule has 2 aromatic carbocycles. The molecule has 192 valence electrons. The molecule has 3 rings (SSSR count). The Hall–Kier alpha value is -3.25. The highest BCUT2D eigenvalue weighted by atomic mass is 16.6. The average Bonchev–Trinajstić information content (AvgIpc) is 2.91. The summed E-state index contributed by atoms with van der Waals surface area (Å²) in [5, 5.41) is 0. The van der Waals surface area contributed by atoms with E-state index in [4.69, 9.17) is 14.2 Å². The summed E-state index contributed by atoms with van der Waals surface area (Å²) >= 11 is 0. The molecule has 0 N–H and O–H groups in total. The number of rotatable bonds is 14. The molecule has 36 heavy (non-hydrogen) atoms. The first kappa shape index (κ1) is 27.3. The molecule has 0 aliphatic rings. The number of hydrogen-bond donors (Lipinski definition) is 0. The van der Waals surface area contributed by atoms with Crippen LogP contribution in [0.2, 0.25) is 0 Å². The maximum Gasteiger partial charge on any atom is 0.335 e. The van der Waals surface area contributed by atoms with Crippen LogP contribution >= 0.6 is 0 Å². The van der Waals surface area contributed by atoms with Crippen molar-refractivity contribution < 1.29 is 19.0 Å². The molecule has 6 nitrogen and oxygen atoms in total. The fourth-order valence-electron chi connectivity index (χ4n) is 3.59. The Morgan fingerprint density at radius 2 is 1.47 bits per heavy atom. The number of nitrogens with zero attached hydrogens (tertiary/aromatic N) is 2. The molecule has 0 aliphatic heterocycles. The molecule has 0 fully saturated rings. The highest BCUT2D eigenvalue weighted by molar-refractivity contribution is 5.74. The topological polar surface area (TPSA) is 70.5 Å². The summed E-state index contributed by atoms with van der Waals surface area (Å²) in [6, 6.07) is 16.2. The van der Waals surface area contributed by atoms with Crippen LogP contribution in [0, 0.1) is 0 Å². The fourth-order valence-corrected chi connectivity index (χ4v) is 3.59. The van der Waals surface area contributed by atoms with Crippen LogP contribution in [0.25, 0.3) is 22.5 Å². The van der Waals surface area contributed by atoms with E-state index in [-0.39, 0.29) is 18.7 Å². The van der Waals surface area contributed by atoms with E-state index >= 15 is 0 Å². The van der Waals surface area contributed by atoms with Gasteiger partial charge < -0.3 is 14.2 Å². The maximum atomic E-state index is 12.1. The number of hydrogen-bond acceptors (Lipinski definition) is 6. The summed E-state index contributed by atoms with van der Waals surface area (Å²) < 4.78 is 16.7. The number of benzene rings is 2. The van der Waals surface area contributed by atoms with E-state index in [2.05, 4.69) is 48.1 Å².